The first-order valence-corrected chi connectivity index (χ1v) is 3.49. The van der Waals surface area contributed by atoms with Crippen molar-refractivity contribution in [3.05, 3.63) is 23.6 Å². The predicted octanol–water partition coefficient (Wildman–Crippen LogP) is 0.735. The monoisotopic (exact) mass is 191 g/mol. The van der Waals surface area contributed by atoms with E-state index in [1.54, 1.807) is 0 Å². The summed E-state index contributed by atoms with van der Waals surface area (Å²) >= 11 is 0. The van der Waals surface area contributed by atoms with Gasteiger partial charge >= 0.3 is 7.69 Å². The maximum absolute atomic E-state index is 13.0. The molecule has 2 unspecified atom stereocenters. The summed E-state index contributed by atoms with van der Waals surface area (Å²) in [6, 6.07) is 0. The zero-order valence-electron chi connectivity index (χ0n) is 6.76. The fraction of sp³-hybridized carbons (Fsp3) is 0.429. The number of rotatable bonds is 0. The molecule has 1 saturated carbocycles. The summed E-state index contributed by atoms with van der Waals surface area (Å²) in [7, 11) is 0. The number of fused-ring (bicyclic) bond motifs is 1. The van der Waals surface area contributed by atoms with Crippen LogP contribution in [0.4, 0.5) is 13.2 Å². The molecule has 2 atom stereocenters. The topological polar surface area (TPSA) is 40.5 Å². The van der Waals surface area contributed by atoms with Crippen molar-refractivity contribution in [2.24, 2.45) is 0 Å². The number of hydrogen-bond acceptors (Lipinski definition) is 2. The molecule has 2 nitrogen and oxygen atoms in total. The lowest BCUT2D eigenvalue weighted by Crippen LogP contribution is -2.13. The molecule has 71 valence electrons. The van der Waals surface area contributed by atoms with Crippen LogP contribution in [0.15, 0.2) is 23.6 Å². The average molecular weight is 191 g/mol. The molecule has 0 aromatic carbocycles. The smallest absolute Gasteiger partial charge is 0.429 e. The number of alkyl halides is 2. The van der Waals surface area contributed by atoms with Crippen LogP contribution in [0.3, 0.4) is 0 Å². The van der Waals surface area contributed by atoms with Crippen molar-refractivity contribution in [3.63, 3.8) is 0 Å². The molecule has 2 N–H and O–H groups in total. The third-order valence-electron chi connectivity index (χ3n) is 2.19. The first-order valence-electron chi connectivity index (χ1n) is 3.49. The van der Waals surface area contributed by atoms with Crippen LogP contribution in [-0.2, 0) is 0 Å². The Kier molecular flexibility index (Phi) is 2.29. The molecule has 0 aromatic rings. The van der Waals surface area contributed by atoms with E-state index in [-0.39, 0.29) is 13.3 Å². The van der Waals surface area contributed by atoms with Crippen LogP contribution in [0, 0.1) is 0 Å². The highest BCUT2D eigenvalue weighted by Gasteiger charge is 2.77. The molecule has 2 aliphatic rings. The summed E-state index contributed by atoms with van der Waals surface area (Å²) in [5, 5.41) is 14.0. The largest absolute Gasteiger partial charge is 0.482 e. The van der Waals surface area contributed by atoms with Crippen molar-refractivity contribution in [2.45, 2.75) is 18.3 Å². The Morgan fingerprint density at radius 2 is 1.77 bits per heavy atom. The SMILES string of the molecule is CC1(F)C2=CC=C(F)C21F.O[B]O. The van der Waals surface area contributed by atoms with Gasteiger partial charge in [-0.05, 0) is 13.0 Å². The summed E-state index contributed by atoms with van der Waals surface area (Å²) < 4.78 is 38.2. The van der Waals surface area contributed by atoms with E-state index in [2.05, 4.69) is 0 Å². The van der Waals surface area contributed by atoms with Gasteiger partial charge in [0.2, 0.25) is 5.67 Å². The van der Waals surface area contributed by atoms with Gasteiger partial charge in [0.05, 0.1) is 0 Å². The molecule has 6 heteroatoms. The molecular weight excluding hydrogens is 184 g/mol. The summed E-state index contributed by atoms with van der Waals surface area (Å²) in [4.78, 5) is 0. The maximum Gasteiger partial charge on any atom is 0.482 e. The van der Waals surface area contributed by atoms with E-state index in [9.17, 15) is 13.2 Å². The molecule has 0 aromatic heterocycles. The van der Waals surface area contributed by atoms with Gasteiger partial charge in [-0.15, -0.1) is 0 Å². The van der Waals surface area contributed by atoms with Crippen LogP contribution < -0.4 is 0 Å². The van der Waals surface area contributed by atoms with Crippen molar-refractivity contribution in [1.82, 2.24) is 0 Å². The van der Waals surface area contributed by atoms with Gasteiger partial charge in [-0.1, -0.05) is 6.08 Å². The van der Waals surface area contributed by atoms with Crippen molar-refractivity contribution >= 4 is 7.69 Å². The van der Waals surface area contributed by atoms with E-state index in [0.717, 1.165) is 19.1 Å². The molecule has 0 bridgehead atoms. The van der Waals surface area contributed by atoms with Gasteiger partial charge in [0.15, 0.2) is 5.67 Å². The van der Waals surface area contributed by atoms with Crippen LogP contribution in [-0.4, -0.2) is 29.1 Å². The van der Waals surface area contributed by atoms with Gasteiger partial charge in [0.1, 0.15) is 5.83 Å². The van der Waals surface area contributed by atoms with E-state index < -0.39 is 17.2 Å². The highest BCUT2D eigenvalue weighted by molar-refractivity contribution is 6.13. The van der Waals surface area contributed by atoms with Crippen LogP contribution in [0.1, 0.15) is 6.92 Å². The Morgan fingerprint density at radius 1 is 1.31 bits per heavy atom. The van der Waals surface area contributed by atoms with Crippen LogP contribution in [0.2, 0.25) is 0 Å². The highest BCUT2D eigenvalue weighted by atomic mass is 19.2. The fourth-order valence-electron chi connectivity index (χ4n) is 1.39. The standard InChI is InChI=1S/C7H5F3.BH2O2/c1-6(9)4-2-3-5(8)7(4,6)10;2-1-3/h2-3H,1H3;2-3H. The second-order valence-corrected chi connectivity index (χ2v) is 2.87. The minimum Gasteiger partial charge on any atom is -0.429 e. The first kappa shape index (κ1) is 10.3. The number of hydrogen-bond donors (Lipinski definition) is 2. The van der Waals surface area contributed by atoms with Crippen LogP contribution in [0.25, 0.3) is 0 Å². The lowest BCUT2D eigenvalue weighted by Gasteiger charge is -2.01. The Hall–Kier alpha value is -0.745. The summed E-state index contributed by atoms with van der Waals surface area (Å²) in [5.74, 6) is -1.01. The van der Waals surface area contributed by atoms with Gasteiger partial charge in [-0.25, -0.2) is 13.2 Å². The molecule has 13 heavy (non-hydrogen) atoms. The molecule has 0 spiro atoms. The maximum atomic E-state index is 13.0. The zero-order valence-corrected chi connectivity index (χ0v) is 6.76. The highest BCUT2D eigenvalue weighted by Crippen LogP contribution is 2.66. The Balaban J connectivity index is 0.000000251. The van der Waals surface area contributed by atoms with Gasteiger partial charge in [0, 0.05) is 5.57 Å². The van der Waals surface area contributed by atoms with E-state index in [1.165, 1.54) is 0 Å². The second-order valence-electron chi connectivity index (χ2n) is 2.87. The van der Waals surface area contributed by atoms with Crippen molar-refractivity contribution in [1.29, 1.82) is 0 Å². The van der Waals surface area contributed by atoms with Crippen molar-refractivity contribution in [3.8, 4) is 0 Å². The normalized spacial score (nSPS) is 39.5. The Bertz CT molecular complexity index is 287. The molecule has 0 saturated heterocycles. The first-order chi connectivity index (χ1) is 5.92. The molecule has 0 heterocycles. The molecular formula is C7H7BF3O2. The van der Waals surface area contributed by atoms with Crippen molar-refractivity contribution < 1.29 is 23.2 Å². The Labute approximate surface area is 73.7 Å². The van der Waals surface area contributed by atoms with E-state index >= 15 is 0 Å². The van der Waals surface area contributed by atoms with Crippen LogP contribution >= 0.6 is 0 Å². The Morgan fingerprint density at radius 3 is 1.92 bits per heavy atom. The molecule has 2 rings (SSSR count). The molecule has 1 radical (unpaired) electrons. The molecule has 0 aliphatic heterocycles. The fourth-order valence-corrected chi connectivity index (χ4v) is 1.39. The van der Waals surface area contributed by atoms with Crippen molar-refractivity contribution in [2.75, 3.05) is 0 Å². The van der Waals surface area contributed by atoms with Gasteiger partial charge in [-0.2, -0.15) is 0 Å². The minimum absolute atomic E-state index is 0. The van der Waals surface area contributed by atoms with Gasteiger partial charge in [0.25, 0.3) is 0 Å². The molecule has 1 fully saturated rings. The van der Waals surface area contributed by atoms with E-state index in [0.29, 0.717) is 0 Å². The lowest BCUT2D eigenvalue weighted by atomic mass is 10.2. The number of halogens is 3. The number of allylic oxidation sites excluding steroid dienone is 4. The van der Waals surface area contributed by atoms with Gasteiger partial charge < -0.3 is 10.0 Å². The summed E-state index contributed by atoms with van der Waals surface area (Å²) in [5.41, 5.74) is -4.56. The van der Waals surface area contributed by atoms with E-state index in [1.807, 2.05) is 0 Å². The van der Waals surface area contributed by atoms with E-state index in [4.69, 9.17) is 10.0 Å². The quantitative estimate of drug-likeness (QED) is 0.554. The average Bonchev–Trinajstić information content (AvgIpc) is 2.35. The summed E-state index contributed by atoms with van der Waals surface area (Å²) in [6.07, 6.45) is 2.13. The van der Waals surface area contributed by atoms with Crippen LogP contribution in [0.5, 0.6) is 0 Å². The second kappa shape index (κ2) is 2.89. The summed E-state index contributed by atoms with van der Waals surface area (Å²) in [6.45, 7) is 1.05. The predicted molar refractivity (Wildman–Crippen MR) is 40.8 cm³/mol. The third-order valence-corrected chi connectivity index (χ3v) is 2.19. The third kappa shape index (κ3) is 1.13. The lowest BCUT2D eigenvalue weighted by molar-refractivity contribution is 0.188. The minimum atomic E-state index is -2.40. The molecule has 0 amide bonds. The van der Waals surface area contributed by atoms with Gasteiger partial charge in [-0.3, -0.25) is 0 Å². The molecule has 2 aliphatic carbocycles. The zero-order chi connectivity index (χ0) is 10.3.